The van der Waals surface area contributed by atoms with Crippen molar-refractivity contribution in [2.75, 3.05) is 20.2 Å². The summed E-state index contributed by atoms with van der Waals surface area (Å²) in [4.78, 5) is 36.7. The Morgan fingerprint density at radius 1 is 1.26 bits per heavy atom. The molecular formula is C20H24N2O5. The molecule has 1 N–H and O–H groups in total. The molecule has 0 aliphatic carbocycles. The van der Waals surface area contributed by atoms with Crippen LogP contribution < -0.4 is 5.32 Å². The van der Waals surface area contributed by atoms with E-state index in [2.05, 4.69) is 5.32 Å². The Morgan fingerprint density at radius 2 is 1.96 bits per heavy atom. The van der Waals surface area contributed by atoms with Gasteiger partial charge in [0.2, 0.25) is 5.91 Å². The van der Waals surface area contributed by atoms with Gasteiger partial charge in [0.1, 0.15) is 0 Å². The van der Waals surface area contributed by atoms with Crippen molar-refractivity contribution in [3.8, 4) is 0 Å². The zero-order valence-corrected chi connectivity index (χ0v) is 15.7. The van der Waals surface area contributed by atoms with Crippen molar-refractivity contribution in [1.29, 1.82) is 0 Å². The maximum atomic E-state index is 12.3. The SMILES string of the molecule is COC(=O)N1CC=C(c2ccc(C3C(=O)O[C@@H](NC(C)=O)C3C)cc2)CC1. The largest absolute Gasteiger partial charge is 0.453 e. The van der Waals surface area contributed by atoms with Crippen molar-refractivity contribution in [3.05, 3.63) is 41.5 Å². The smallest absolute Gasteiger partial charge is 0.409 e. The van der Waals surface area contributed by atoms with Crippen molar-refractivity contribution in [3.63, 3.8) is 0 Å². The van der Waals surface area contributed by atoms with Gasteiger partial charge in [-0.2, -0.15) is 0 Å². The Balaban J connectivity index is 1.71. The minimum absolute atomic E-state index is 0.144. The van der Waals surface area contributed by atoms with E-state index in [1.165, 1.54) is 19.6 Å². The molecule has 1 fully saturated rings. The van der Waals surface area contributed by atoms with E-state index >= 15 is 0 Å². The van der Waals surface area contributed by atoms with E-state index in [9.17, 15) is 14.4 Å². The third kappa shape index (κ3) is 3.97. The van der Waals surface area contributed by atoms with E-state index in [1.807, 2.05) is 37.3 Å². The van der Waals surface area contributed by atoms with Crippen LogP contribution in [0, 0.1) is 5.92 Å². The minimum Gasteiger partial charge on any atom is -0.453 e. The van der Waals surface area contributed by atoms with Crippen molar-refractivity contribution >= 4 is 23.5 Å². The number of methoxy groups -OCH3 is 1. The van der Waals surface area contributed by atoms with Gasteiger partial charge in [0.15, 0.2) is 6.23 Å². The highest BCUT2D eigenvalue weighted by Crippen LogP contribution is 2.36. The first-order chi connectivity index (χ1) is 12.9. The lowest BCUT2D eigenvalue weighted by atomic mass is 9.87. The summed E-state index contributed by atoms with van der Waals surface area (Å²) in [5.74, 6) is -1.08. The molecular weight excluding hydrogens is 348 g/mol. The highest BCUT2D eigenvalue weighted by Gasteiger charge is 2.43. The van der Waals surface area contributed by atoms with Crippen LogP contribution in [0.5, 0.6) is 0 Å². The molecule has 0 aromatic heterocycles. The summed E-state index contributed by atoms with van der Waals surface area (Å²) in [6, 6.07) is 7.84. The third-order valence-electron chi connectivity index (χ3n) is 5.13. The van der Waals surface area contributed by atoms with Crippen LogP contribution in [0.25, 0.3) is 5.57 Å². The van der Waals surface area contributed by atoms with E-state index in [0.29, 0.717) is 13.1 Å². The van der Waals surface area contributed by atoms with E-state index in [1.54, 1.807) is 4.90 Å². The van der Waals surface area contributed by atoms with E-state index in [0.717, 1.165) is 17.5 Å². The molecule has 2 heterocycles. The van der Waals surface area contributed by atoms with Crippen molar-refractivity contribution in [2.45, 2.75) is 32.4 Å². The highest BCUT2D eigenvalue weighted by atomic mass is 16.6. The maximum absolute atomic E-state index is 12.3. The van der Waals surface area contributed by atoms with Gasteiger partial charge >= 0.3 is 12.1 Å². The Hall–Kier alpha value is -2.83. The number of nitrogens with zero attached hydrogens (tertiary/aromatic N) is 1. The second-order valence-electron chi connectivity index (χ2n) is 6.91. The molecule has 0 bridgehead atoms. The lowest BCUT2D eigenvalue weighted by molar-refractivity contribution is -0.144. The van der Waals surface area contributed by atoms with Gasteiger partial charge in [0.25, 0.3) is 0 Å². The lowest BCUT2D eigenvalue weighted by Crippen LogP contribution is -2.36. The molecule has 3 rings (SSSR count). The number of rotatable bonds is 3. The summed E-state index contributed by atoms with van der Waals surface area (Å²) in [5.41, 5.74) is 3.11. The number of cyclic esters (lactones) is 1. The van der Waals surface area contributed by atoms with Gasteiger partial charge in [-0.05, 0) is 23.1 Å². The molecule has 0 radical (unpaired) electrons. The fraction of sp³-hybridized carbons (Fsp3) is 0.450. The zero-order chi connectivity index (χ0) is 19.6. The minimum atomic E-state index is -0.593. The second kappa shape index (κ2) is 7.82. The van der Waals surface area contributed by atoms with Gasteiger partial charge in [-0.1, -0.05) is 37.3 Å². The second-order valence-corrected chi connectivity index (χ2v) is 6.91. The quantitative estimate of drug-likeness (QED) is 0.823. The van der Waals surface area contributed by atoms with Crippen LogP contribution in [0.1, 0.15) is 37.3 Å². The molecule has 1 aromatic rings. The van der Waals surface area contributed by atoms with Crippen molar-refractivity contribution in [1.82, 2.24) is 10.2 Å². The number of carbonyl (C=O) groups excluding carboxylic acids is 3. The van der Waals surface area contributed by atoms with Crippen LogP contribution in [-0.4, -0.2) is 49.3 Å². The van der Waals surface area contributed by atoms with E-state index in [-0.39, 0.29) is 23.9 Å². The molecule has 2 aliphatic heterocycles. The fourth-order valence-electron chi connectivity index (χ4n) is 3.63. The molecule has 2 amide bonds. The van der Waals surface area contributed by atoms with Gasteiger partial charge in [-0.15, -0.1) is 0 Å². The van der Waals surface area contributed by atoms with Gasteiger partial charge in [-0.25, -0.2) is 4.79 Å². The Bertz CT molecular complexity index is 771. The van der Waals surface area contributed by atoms with Crippen LogP contribution in [-0.2, 0) is 19.1 Å². The van der Waals surface area contributed by atoms with Crippen LogP contribution in [0.2, 0.25) is 0 Å². The van der Waals surface area contributed by atoms with Crippen LogP contribution in [0.4, 0.5) is 4.79 Å². The number of amides is 2. The van der Waals surface area contributed by atoms with Gasteiger partial charge in [0.05, 0.1) is 13.0 Å². The predicted molar refractivity (Wildman–Crippen MR) is 98.6 cm³/mol. The summed E-state index contributed by atoms with van der Waals surface area (Å²) in [6.07, 6.45) is 1.86. The van der Waals surface area contributed by atoms with Gasteiger partial charge in [0, 0.05) is 25.9 Å². The van der Waals surface area contributed by atoms with Crippen LogP contribution in [0.15, 0.2) is 30.3 Å². The Labute approximate surface area is 158 Å². The number of benzene rings is 1. The third-order valence-corrected chi connectivity index (χ3v) is 5.13. The summed E-state index contributed by atoms with van der Waals surface area (Å²) in [5, 5.41) is 2.67. The average Bonchev–Trinajstić information content (AvgIpc) is 2.94. The molecule has 27 heavy (non-hydrogen) atoms. The lowest BCUT2D eigenvalue weighted by Gasteiger charge is -2.25. The summed E-state index contributed by atoms with van der Waals surface area (Å²) in [6.45, 7) is 4.44. The first kappa shape index (κ1) is 18.9. The van der Waals surface area contributed by atoms with Gasteiger partial charge in [-0.3, -0.25) is 9.59 Å². The molecule has 144 valence electrons. The highest BCUT2D eigenvalue weighted by molar-refractivity contribution is 5.82. The standard InChI is InChI=1S/C20H24N2O5/c1-12-17(19(24)27-18(12)21-13(2)23)16-6-4-14(5-7-16)15-8-10-22(11-9-15)20(25)26-3/h4-8,12,17-18H,9-11H2,1-3H3,(H,21,23)/t12?,17?,18-/m1/s1. The first-order valence-corrected chi connectivity index (χ1v) is 9.00. The van der Waals surface area contributed by atoms with Gasteiger partial charge < -0.3 is 19.7 Å². The molecule has 7 heteroatoms. The van der Waals surface area contributed by atoms with Crippen molar-refractivity contribution in [2.24, 2.45) is 5.92 Å². The number of ether oxygens (including phenoxy) is 2. The number of esters is 1. The summed E-state index contributed by atoms with van der Waals surface area (Å²) < 4.78 is 10.1. The normalized spacial score (nSPS) is 24.9. The Kier molecular flexibility index (Phi) is 5.48. The molecule has 2 unspecified atom stereocenters. The number of hydrogen-bond acceptors (Lipinski definition) is 5. The van der Waals surface area contributed by atoms with Crippen LogP contribution in [0.3, 0.4) is 0 Å². The van der Waals surface area contributed by atoms with E-state index in [4.69, 9.17) is 9.47 Å². The molecule has 0 spiro atoms. The molecule has 3 atom stereocenters. The summed E-state index contributed by atoms with van der Waals surface area (Å²) >= 11 is 0. The molecule has 1 saturated heterocycles. The molecule has 0 saturated carbocycles. The number of hydrogen-bond donors (Lipinski definition) is 1. The molecule has 1 aromatic carbocycles. The maximum Gasteiger partial charge on any atom is 0.409 e. The molecule has 7 nitrogen and oxygen atoms in total. The Morgan fingerprint density at radius 3 is 2.52 bits per heavy atom. The average molecular weight is 372 g/mol. The number of carbonyl (C=O) groups is 3. The summed E-state index contributed by atoms with van der Waals surface area (Å²) in [7, 11) is 1.38. The first-order valence-electron chi connectivity index (χ1n) is 9.00. The predicted octanol–water partition coefficient (Wildman–Crippen LogP) is 2.28. The molecule has 2 aliphatic rings. The fourth-order valence-corrected chi connectivity index (χ4v) is 3.63. The van der Waals surface area contributed by atoms with Crippen LogP contribution >= 0.6 is 0 Å². The number of nitrogens with one attached hydrogen (secondary N) is 1. The van der Waals surface area contributed by atoms with Crippen molar-refractivity contribution < 1.29 is 23.9 Å². The topological polar surface area (TPSA) is 84.9 Å². The zero-order valence-electron chi connectivity index (χ0n) is 15.7. The monoisotopic (exact) mass is 372 g/mol. The van der Waals surface area contributed by atoms with E-state index < -0.39 is 12.1 Å².